The highest BCUT2D eigenvalue weighted by Gasteiger charge is 2.31. The van der Waals surface area contributed by atoms with Crippen LogP contribution >= 0.6 is 0 Å². The maximum Gasteiger partial charge on any atom is 0.337 e. The molecule has 0 amide bonds. The largest absolute Gasteiger partial charge is 0.493 e. The molecule has 1 aromatic rings. The third-order valence-corrected chi connectivity index (χ3v) is 4.64. The number of carbonyl (C=O) groups excluding carboxylic acids is 2. The molecule has 0 saturated carbocycles. The lowest BCUT2D eigenvalue weighted by atomic mass is 9.84. The molecule has 2 atom stereocenters. The minimum Gasteiger partial charge on any atom is -0.493 e. The second kappa shape index (κ2) is 7.13. The summed E-state index contributed by atoms with van der Waals surface area (Å²) in [5, 5.41) is 0. The Labute approximate surface area is 135 Å². The van der Waals surface area contributed by atoms with Crippen molar-refractivity contribution in [1.29, 1.82) is 0 Å². The number of hydrogen-bond donors (Lipinski definition) is 0. The van der Waals surface area contributed by atoms with Crippen LogP contribution in [0.15, 0.2) is 18.2 Å². The van der Waals surface area contributed by atoms with Crippen molar-refractivity contribution < 1.29 is 23.8 Å². The molecule has 1 fully saturated rings. The summed E-state index contributed by atoms with van der Waals surface area (Å²) >= 11 is 0. The van der Waals surface area contributed by atoms with Crippen LogP contribution in [0.3, 0.4) is 0 Å². The molecule has 1 saturated heterocycles. The van der Waals surface area contributed by atoms with E-state index in [1.54, 1.807) is 12.1 Å². The van der Waals surface area contributed by atoms with Gasteiger partial charge in [0, 0.05) is 18.4 Å². The molecule has 2 aliphatic rings. The molecule has 0 aromatic heterocycles. The summed E-state index contributed by atoms with van der Waals surface area (Å²) in [7, 11) is 1.36. The third-order valence-electron chi connectivity index (χ3n) is 4.64. The van der Waals surface area contributed by atoms with Crippen LogP contribution in [0, 0.1) is 11.8 Å². The molecule has 5 heteroatoms. The molecular formula is C18H22O5. The fourth-order valence-electron chi connectivity index (χ4n) is 3.32. The zero-order chi connectivity index (χ0) is 16.2. The first-order chi connectivity index (χ1) is 11.2. The standard InChI is InChI=1S/C18H22O5/c1-21-18(20)14-5-4-12-9-13(6-8-23-16(12)10-14)17(19)15-3-2-7-22-11-15/h4-5,10,13,15H,2-3,6-9,11H2,1H3/t13?,15-/m1/s1. The average molecular weight is 318 g/mol. The molecule has 0 radical (unpaired) electrons. The fourth-order valence-corrected chi connectivity index (χ4v) is 3.32. The number of benzene rings is 1. The zero-order valence-corrected chi connectivity index (χ0v) is 13.4. The molecule has 1 aromatic carbocycles. The van der Waals surface area contributed by atoms with Crippen molar-refractivity contribution in [3.05, 3.63) is 29.3 Å². The number of methoxy groups -OCH3 is 1. The number of rotatable bonds is 3. The van der Waals surface area contributed by atoms with Crippen LogP contribution in [-0.2, 0) is 20.7 Å². The molecule has 1 unspecified atom stereocenters. The fraction of sp³-hybridized carbons (Fsp3) is 0.556. The van der Waals surface area contributed by atoms with E-state index in [0.29, 0.717) is 37.4 Å². The number of ether oxygens (including phenoxy) is 3. The zero-order valence-electron chi connectivity index (χ0n) is 13.4. The molecule has 5 nitrogen and oxygen atoms in total. The van der Waals surface area contributed by atoms with Gasteiger partial charge in [0.2, 0.25) is 0 Å². The lowest BCUT2D eigenvalue weighted by Gasteiger charge is -2.24. The highest BCUT2D eigenvalue weighted by atomic mass is 16.5. The summed E-state index contributed by atoms with van der Waals surface area (Å²) in [6.07, 6.45) is 3.24. The predicted molar refractivity (Wildman–Crippen MR) is 83.6 cm³/mol. The minimum atomic E-state index is -0.382. The summed E-state index contributed by atoms with van der Waals surface area (Å²) in [5.41, 5.74) is 1.45. The van der Waals surface area contributed by atoms with E-state index in [-0.39, 0.29) is 23.6 Å². The van der Waals surface area contributed by atoms with Crippen LogP contribution in [0.4, 0.5) is 0 Å². The van der Waals surface area contributed by atoms with Gasteiger partial charge in [-0.25, -0.2) is 4.79 Å². The van der Waals surface area contributed by atoms with Crippen molar-refractivity contribution in [2.45, 2.75) is 25.7 Å². The van der Waals surface area contributed by atoms with Gasteiger partial charge in [-0.05, 0) is 43.4 Å². The van der Waals surface area contributed by atoms with Gasteiger partial charge >= 0.3 is 5.97 Å². The molecule has 0 N–H and O–H groups in total. The first kappa shape index (κ1) is 16.0. The van der Waals surface area contributed by atoms with Gasteiger partial charge < -0.3 is 14.2 Å². The third kappa shape index (κ3) is 3.55. The van der Waals surface area contributed by atoms with Gasteiger partial charge in [0.1, 0.15) is 11.5 Å². The Hall–Kier alpha value is -1.88. The van der Waals surface area contributed by atoms with E-state index in [0.717, 1.165) is 25.0 Å². The van der Waals surface area contributed by atoms with Crippen LogP contribution in [-0.4, -0.2) is 38.7 Å². The van der Waals surface area contributed by atoms with E-state index in [4.69, 9.17) is 14.2 Å². The molecule has 124 valence electrons. The van der Waals surface area contributed by atoms with Crippen LogP contribution in [0.2, 0.25) is 0 Å². The van der Waals surface area contributed by atoms with E-state index in [2.05, 4.69) is 0 Å². The number of hydrogen-bond acceptors (Lipinski definition) is 5. The number of fused-ring (bicyclic) bond motifs is 1. The summed E-state index contributed by atoms with van der Waals surface area (Å²) in [6, 6.07) is 5.30. The molecule has 0 aliphatic carbocycles. The summed E-state index contributed by atoms with van der Waals surface area (Å²) in [5.74, 6) is 0.575. The Morgan fingerprint density at radius 3 is 2.78 bits per heavy atom. The Morgan fingerprint density at radius 1 is 1.17 bits per heavy atom. The Morgan fingerprint density at radius 2 is 2.04 bits per heavy atom. The highest BCUT2D eigenvalue weighted by molar-refractivity contribution is 5.90. The second-order valence-electron chi connectivity index (χ2n) is 6.17. The van der Waals surface area contributed by atoms with Gasteiger partial charge in [-0.1, -0.05) is 6.07 Å². The molecule has 0 bridgehead atoms. The van der Waals surface area contributed by atoms with Crippen LogP contribution in [0.25, 0.3) is 0 Å². The average Bonchev–Trinajstić information content (AvgIpc) is 2.82. The Bertz CT molecular complexity index is 589. The normalized spacial score (nSPS) is 24.0. The molecule has 2 heterocycles. The number of ketones is 1. The summed E-state index contributed by atoms with van der Waals surface area (Å²) in [4.78, 5) is 24.3. The van der Waals surface area contributed by atoms with E-state index in [1.165, 1.54) is 7.11 Å². The summed E-state index contributed by atoms with van der Waals surface area (Å²) < 4.78 is 15.9. The lowest BCUT2D eigenvalue weighted by Crippen LogP contribution is -2.31. The van der Waals surface area contributed by atoms with Crippen molar-refractivity contribution in [2.24, 2.45) is 11.8 Å². The van der Waals surface area contributed by atoms with Crippen molar-refractivity contribution >= 4 is 11.8 Å². The second-order valence-corrected chi connectivity index (χ2v) is 6.17. The lowest BCUT2D eigenvalue weighted by molar-refractivity contribution is -0.131. The number of Topliss-reactive ketones (excluding diaryl/α,β-unsaturated/α-hetero) is 1. The Kier molecular flexibility index (Phi) is 4.96. The molecule has 3 rings (SSSR count). The molecule has 0 spiro atoms. The highest BCUT2D eigenvalue weighted by Crippen LogP contribution is 2.31. The predicted octanol–water partition coefficient (Wildman–Crippen LogP) is 2.41. The van der Waals surface area contributed by atoms with Crippen molar-refractivity contribution in [1.82, 2.24) is 0 Å². The smallest absolute Gasteiger partial charge is 0.337 e. The monoisotopic (exact) mass is 318 g/mol. The van der Waals surface area contributed by atoms with E-state index in [9.17, 15) is 9.59 Å². The van der Waals surface area contributed by atoms with E-state index >= 15 is 0 Å². The van der Waals surface area contributed by atoms with Crippen LogP contribution < -0.4 is 4.74 Å². The molecule has 23 heavy (non-hydrogen) atoms. The Balaban J connectivity index is 1.75. The first-order valence-corrected chi connectivity index (χ1v) is 8.14. The summed E-state index contributed by atoms with van der Waals surface area (Å²) in [6.45, 7) is 1.79. The molecular weight excluding hydrogens is 296 g/mol. The van der Waals surface area contributed by atoms with Gasteiger partial charge in [0.05, 0.1) is 25.9 Å². The van der Waals surface area contributed by atoms with Crippen molar-refractivity contribution in [3.8, 4) is 5.75 Å². The minimum absolute atomic E-state index is 0.0182. The SMILES string of the molecule is COC(=O)c1ccc2c(c1)OCCC(C(=O)[C@@H]1CCCOC1)C2. The molecule has 2 aliphatic heterocycles. The van der Waals surface area contributed by atoms with Gasteiger partial charge in [0.25, 0.3) is 0 Å². The van der Waals surface area contributed by atoms with E-state index in [1.807, 2.05) is 6.07 Å². The van der Waals surface area contributed by atoms with E-state index < -0.39 is 0 Å². The van der Waals surface area contributed by atoms with Crippen LogP contribution in [0.5, 0.6) is 5.75 Å². The van der Waals surface area contributed by atoms with Crippen molar-refractivity contribution in [2.75, 3.05) is 26.9 Å². The number of carbonyl (C=O) groups is 2. The van der Waals surface area contributed by atoms with Gasteiger partial charge in [-0.2, -0.15) is 0 Å². The van der Waals surface area contributed by atoms with Gasteiger partial charge in [-0.3, -0.25) is 4.79 Å². The topological polar surface area (TPSA) is 61.8 Å². The van der Waals surface area contributed by atoms with Gasteiger partial charge in [-0.15, -0.1) is 0 Å². The maximum atomic E-state index is 12.7. The van der Waals surface area contributed by atoms with Gasteiger partial charge in [0.15, 0.2) is 0 Å². The van der Waals surface area contributed by atoms with Crippen LogP contribution in [0.1, 0.15) is 35.2 Å². The number of esters is 1. The maximum absolute atomic E-state index is 12.7. The quantitative estimate of drug-likeness (QED) is 0.801. The first-order valence-electron chi connectivity index (χ1n) is 8.14. The van der Waals surface area contributed by atoms with Crippen molar-refractivity contribution in [3.63, 3.8) is 0 Å².